The molecule has 0 unspecified atom stereocenters. The van der Waals surface area contributed by atoms with Crippen LogP contribution in [0.1, 0.15) is 13.8 Å². The Kier molecular flexibility index (Phi) is 4.54. The predicted octanol–water partition coefficient (Wildman–Crippen LogP) is 2.35. The van der Waals surface area contributed by atoms with Crippen LogP contribution in [0.15, 0.2) is 16.9 Å². The predicted molar refractivity (Wildman–Crippen MR) is 54.7 cm³/mol. The zero-order valence-electron chi connectivity index (χ0n) is 8.00. The van der Waals surface area contributed by atoms with Gasteiger partial charge in [0.25, 0.3) is 5.88 Å². The molecule has 1 rings (SSSR count). The highest BCUT2D eigenvalue weighted by atomic mass is 32.5. The lowest BCUT2D eigenvalue weighted by Crippen LogP contribution is -2.01. The van der Waals surface area contributed by atoms with Gasteiger partial charge in [-0.05, 0) is 19.0 Å². The summed E-state index contributed by atoms with van der Waals surface area (Å²) in [5.74, 6) is 0.287. The third-order valence-corrected chi connectivity index (χ3v) is 3.61. The summed E-state index contributed by atoms with van der Waals surface area (Å²) in [4.78, 5) is 0. The molecule has 0 N–H and O–H groups in total. The molecule has 0 aliphatic carbocycles. The van der Waals surface area contributed by atoms with Gasteiger partial charge >= 0.3 is 6.72 Å². The van der Waals surface area contributed by atoms with Crippen LogP contribution >= 0.6 is 6.72 Å². The lowest BCUT2D eigenvalue weighted by Gasteiger charge is -2.18. The van der Waals surface area contributed by atoms with Crippen molar-refractivity contribution >= 4 is 18.5 Å². The van der Waals surface area contributed by atoms with Crippen LogP contribution in [0, 0.1) is 0 Å². The van der Waals surface area contributed by atoms with Crippen molar-refractivity contribution in [2.75, 3.05) is 13.2 Å². The SMILES string of the molecule is CCOP(=S)(OCC)Oc1ccon1. The van der Waals surface area contributed by atoms with Gasteiger partial charge in [-0.3, -0.25) is 9.05 Å². The van der Waals surface area contributed by atoms with Crippen molar-refractivity contribution in [3.05, 3.63) is 12.3 Å². The van der Waals surface area contributed by atoms with E-state index in [9.17, 15) is 0 Å². The second-order valence-electron chi connectivity index (χ2n) is 2.21. The zero-order chi connectivity index (χ0) is 10.4. The molecule has 0 saturated carbocycles. The van der Waals surface area contributed by atoms with E-state index in [1.165, 1.54) is 6.26 Å². The second-order valence-corrected chi connectivity index (χ2v) is 5.15. The summed E-state index contributed by atoms with van der Waals surface area (Å²) in [6.45, 7) is 1.83. The molecule has 1 aromatic heterocycles. The Bertz CT molecular complexity index is 293. The van der Waals surface area contributed by atoms with Crippen LogP contribution in [0.3, 0.4) is 0 Å². The van der Waals surface area contributed by atoms with E-state index < -0.39 is 6.72 Å². The maximum absolute atomic E-state index is 5.30. The monoisotopic (exact) mass is 237 g/mol. The molecule has 0 aliphatic rings. The molecular formula is C7H12NO4PS. The van der Waals surface area contributed by atoms with Crippen molar-refractivity contribution < 1.29 is 18.1 Å². The van der Waals surface area contributed by atoms with E-state index in [2.05, 4.69) is 9.68 Å². The highest BCUT2D eigenvalue weighted by Gasteiger charge is 2.22. The highest BCUT2D eigenvalue weighted by Crippen LogP contribution is 2.49. The Balaban J connectivity index is 2.64. The van der Waals surface area contributed by atoms with E-state index in [4.69, 9.17) is 25.4 Å². The van der Waals surface area contributed by atoms with Gasteiger partial charge in [0.15, 0.2) is 0 Å². The molecular weight excluding hydrogens is 225 g/mol. The molecule has 0 amide bonds. The summed E-state index contributed by atoms with van der Waals surface area (Å²) in [5.41, 5.74) is 0. The molecule has 1 heterocycles. The first-order valence-electron chi connectivity index (χ1n) is 4.19. The molecule has 0 saturated heterocycles. The van der Waals surface area contributed by atoms with Crippen LogP contribution in [0.5, 0.6) is 5.88 Å². The topological polar surface area (TPSA) is 53.7 Å². The van der Waals surface area contributed by atoms with Crippen molar-refractivity contribution in [1.29, 1.82) is 0 Å². The van der Waals surface area contributed by atoms with Crippen molar-refractivity contribution in [2.24, 2.45) is 0 Å². The first-order valence-corrected chi connectivity index (χ1v) is 6.75. The first-order chi connectivity index (χ1) is 6.70. The largest absolute Gasteiger partial charge is 0.402 e. The maximum atomic E-state index is 5.30. The van der Waals surface area contributed by atoms with Crippen LogP contribution in [-0.2, 0) is 20.9 Å². The quantitative estimate of drug-likeness (QED) is 0.708. The molecule has 0 bridgehead atoms. The van der Waals surface area contributed by atoms with Crippen LogP contribution in [0.2, 0.25) is 0 Å². The van der Waals surface area contributed by atoms with Gasteiger partial charge in [-0.2, -0.15) is 0 Å². The van der Waals surface area contributed by atoms with Gasteiger partial charge in [-0.1, -0.05) is 0 Å². The molecule has 0 aliphatic heterocycles. The van der Waals surface area contributed by atoms with Gasteiger partial charge in [-0.25, -0.2) is 0 Å². The summed E-state index contributed by atoms with van der Waals surface area (Å²) in [6, 6.07) is 1.55. The number of nitrogens with zero attached hydrogens (tertiary/aromatic N) is 1. The zero-order valence-corrected chi connectivity index (χ0v) is 9.72. The molecule has 0 radical (unpaired) electrons. The molecule has 80 valence electrons. The number of rotatable bonds is 6. The second kappa shape index (κ2) is 5.46. The van der Waals surface area contributed by atoms with Gasteiger partial charge in [0.2, 0.25) is 0 Å². The van der Waals surface area contributed by atoms with E-state index >= 15 is 0 Å². The third kappa shape index (κ3) is 3.38. The summed E-state index contributed by atoms with van der Waals surface area (Å²) < 4.78 is 20.4. The highest BCUT2D eigenvalue weighted by molar-refractivity contribution is 8.07. The third-order valence-electron chi connectivity index (χ3n) is 1.19. The summed E-state index contributed by atoms with van der Waals surface area (Å²) in [7, 11) is 0. The minimum atomic E-state index is -2.70. The minimum Gasteiger partial charge on any atom is -0.402 e. The molecule has 14 heavy (non-hydrogen) atoms. The maximum Gasteiger partial charge on any atom is 0.381 e. The van der Waals surface area contributed by atoms with E-state index in [-0.39, 0.29) is 5.88 Å². The van der Waals surface area contributed by atoms with Gasteiger partial charge in [-0.15, -0.1) is 0 Å². The van der Waals surface area contributed by atoms with Crippen molar-refractivity contribution in [3.8, 4) is 5.88 Å². The lowest BCUT2D eigenvalue weighted by molar-refractivity contribution is 0.213. The fourth-order valence-electron chi connectivity index (χ4n) is 0.769. The van der Waals surface area contributed by atoms with E-state index in [0.717, 1.165) is 0 Å². The molecule has 0 aromatic carbocycles. The Hall–Kier alpha value is -0.420. The Morgan fingerprint density at radius 1 is 1.43 bits per heavy atom. The van der Waals surface area contributed by atoms with Crippen LogP contribution in [0.25, 0.3) is 0 Å². The van der Waals surface area contributed by atoms with Crippen LogP contribution in [0.4, 0.5) is 0 Å². The smallest absolute Gasteiger partial charge is 0.381 e. The van der Waals surface area contributed by atoms with Crippen LogP contribution < -0.4 is 4.52 Å². The fraction of sp³-hybridized carbons (Fsp3) is 0.571. The number of hydrogen-bond donors (Lipinski definition) is 0. The molecule has 0 atom stereocenters. The average molecular weight is 237 g/mol. The molecule has 5 nitrogen and oxygen atoms in total. The Morgan fingerprint density at radius 2 is 2.07 bits per heavy atom. The Labute approximate surface area is 87.6 Å². The lowest BCUT2D eigenvalue weighted by atomic mass is 10.7. The fourth-order valence-corrected chi connectivity index (χ4v) is 2.77. The first kappa shape index (κ1) is 11.7. The molecule has 1 aromatic rings. The van der Waals surface area contributed by atoms with Gasteiger partial charge in [0.1, 0.15) is 6.26 Å². The Morgan fingerprint density at radius 3 is 2.50 bits per heavy atom. The van der Waals surface area contributed by atoms with Gasteiger partial charge < -0.3 is 9.05 Å². The van der Waals surface area contributed by atoms with Crippen molar-refractivity contribution in [1.82, 2.24) is 5.16 Å². The molecule has 0 spiro atoms. The summed E-state index contributed by atoms with van der Waals surface area (Å²) >= 11 is 5.11. The van der Waals surface area contributed by atoms with Gasteiger partial charge in [0, 0.05) is 17.9 Å². The standard InChI is InChI=1S/C7H12NO4PS/c1-3-10-13(14,11-4-2)12-7-5-6-9-8-7/h5-6H,3-4H2,1-2H3. The van der Waals surface area contributed by atoms with Crippen molar-refractivity contribution in [3.63, 3.8) is 0 Å². The molecule has 7 heteroatoms. The summed E-state index contributed by atoms with van der Waals surface area (Å²) in [5, 5.41) is 3.57. The van der Waals surface area contributed by atoms with Crippen LogP contribution in [-0.4, -0.2) is 18.4 Å². The number of hydrogen-bond acceptors (Lipinski definition) is 6. The normalized spacial score (nSPS) is 11.6. The summed E-state index contributed by atoms with van der Waals surface area (Å²) in [6.07, 6.45) is 1.40. The van der Waals surface area contributed by atoms with Crippen molar-refractivity contribution in [2.45, 2.75) is 13.8 Å². The van der Waals surface area contributed by atoms with E-state index in [1.54, 1.807) is 6.07 Å². The average Bonchev–Trinajstić information content (AvgIpc) is 2.57. The number of aromatic nitrogens is 1. The van der Waals surface area contributed by atoms with Gasteiger partial charge in [0.05, 0.1) is 13.2 Å². The van der Waals surface area contributed by atoms with E-state index in [1.807, 2.05) is 13.8 Å². The van der Waals surface area contributed by atoms with E-state index in [0.29, 0.717) is 13.2 Å². The minimum absolute atomic E-state index is 0.287. The molecule has 0 fully saturated rings.